The van der Waals surface area contributed by atoms with Gasteiger partial charge in [0.2, 0.25) is 5.91 Å². The van der Waals surface area contributed by atoms with Crippen molar-refractivity contribution in [2.75, 3.05) is 0 Å². The number of carboxylic acid groups (broad SMARTS) is 1. The van der Waals surface area contributed by atoms with E-state index in [4.69, 9.17) is 5.11 Å². The van der Waals surface area contributed by atoms with Crippen LogP contribution in [0.1, 0.15) is 39.8 Å². The van der Waals surface area contributed by atoms with Crippen molar-refractivity contribution < 1.29 is 14.7 Å². The molecule has 1 aromatic carbocycles. The zero-order valence-corrected chi connectivity index (χ0v) is 14.5. The second-order valence-electron chi connectivity index (χ2n) is 6.10. The lowest BCUT2D eigenvalue weighted by molar-refractivity contribution is -0.124. The summed E-state index contributed by atoms with van der Waals surface area (Å²) in [7, 11) is 1.90. The number of hydrogen-bond donors (Lipinski definition) is 2. The summed E-state index contributed by atoms with van der Waals surface area (Å²) in [6.07, 6.45) is 0.648. The van der Waals surface area contributed by atoms with Gasteiger partial charge < -0.3 is 10.4 Å². The van der Waals surface area contributed by atoms with Gasteiger partial charge in [-0.15, -0.1) is 0 Å². The topological polar surface area (TPSA) is 84.2 Å². The quantitative estimate of drug-likeness (QED) is 0.851. The second-order valence-corrected chi connectivity index (χ2v) is 6.10. The predicted molar refractivity (Wildman–Crippen MR) is 90.8 cm³/mol. The minimum absolute atomic E-state index is 0.0278. The number of carboxylic acids is 1. The van der Waals surface area contributed by atoms with E-state index < -0.39 is 5.97 Å². The molecule has 0 fully saturated rings. The minimum atomic E-state index is -0.957. The minimum Gasteiger partial charge on any atom is -0.478 e. The number of hydrogen-bond acceptors (Lipinski definition) is 3. The monoisotopic (exact) mass is 329 g/mol. The highest BCUT2D eigenvalue weighted by Gasteiger charge is 2.18. The Morgan fingerprint density at radius 2 is 1.88 bits per heavy atom. The van der Waals surface area contributed by atoms with Crippen molar-refractivity contribution in [3.63, 3.8) is 0 Å². The van der Waals surface area contributed by atoms with Gasteiger partial charge in [-0.05, 0) is 43.5 Å². The van der Waals surface area contributed by atoms with Gasteiger partial charge >= 0.3 is 5.97 Å². The van der Waals surface area contributed by atoms with E-state index >= 15 is 0 Å². The van der Waals surface area contributed by atoms with Crippen LogP contribution in [-0.4, -0.2) is 26.8 Å². The Morgan fingerprint density at radius 1 is 1.25 bits per heavy atom. The summed E-state index contributed by atoms with van der Waals surface area (Å²) in [5, 5.41) is 16.2. The van der Waals surface area contributed by atoms with E-state index in [-0.39, 0.29) is 17.4 Å². The molecule has 2 N–H and O–H groups in total. The average molecular weight is 329 g/mol. The van der Waals surface area contributed by atoms with Crippen molar-refractivity contribution >= 4 is 11.9 Å². The summed E-state index contributed by atoms with van der Waals surface area (Å²) >= 11 is 0. The molecule has 0 aliphatic heterocycles. The van der Waals surface area contributed by atoms with Crippen molar-refractivity contribution in [3.05, 3.63) is 52.3 Å². The Labute approximate surface area is 141 Å². The molecule has 1 atom stereocenters. The summed E-state index contributed by atoms with van der Waals surface area (Å²) in [6, 6.07) is 6.50. The molecular formula is C18H23N3O3. The molecule has 0 aliphatic rings. The highest BCUT2D eigenvalue weighted by Crippen LogP contribution is 2.17. The maximum Gasteiger partial charge on any atom is 0.335 e. The van der Waals surface area contributed by atoms with Crippen LogP contribution >= 0.6 is 0 Å². The lowest BCUT2D eigenvalue weighted by atomic mass is 9.99. The lowest BCUT2D eigenvalue weighted by Gasteiger charge is -2.13. The van der Waals surface area contributed by atoms with Gasteiger partial charge in [-0.25, -0.2) is 4.79 Å². The SMILES string of the molecule is Cc1nn(C)c(C)c1CC(C)C(=O)NCc1ccc(C(=O)O)cc1. The smallest absolute Gasteiger partial charge is 0.335 e. The van der Waals surface area contributed by atoms with Crippen LogP contribution in [-0.2, 0) is 24.8 Å². The number of carbonyl (C=O) groups excluding carboxylic acids is 1. The third-order valence-corrected chi connectivity index (χ3v) is 4.28. The molecule has 0 spiro atoms. The van der Waals surface area contributed by atoms with Gasteiger partial charge in [0.1, 0.15) is 0 Å². The van der Waals surface area contributed by atoms with Crippen LogP contribution in [0.25, 0.3) is 0 Å². The molecular weight excluding hydrogens is 306 g/mol. The Balaban J connectivity index is 1.93. The normalized spacial score (nSPS) is 12.0. The molecule has 1 aromatic heterocycles. The molecule has 0 saturated heterocycles. The van der Waals surface area contributed by atoms with Crippen LogP contribution in [0.3, 0.4) is 0 Å². The molecule has 2 aromatic rings. The first kappa shape index (κ1) is 17.7. The number of aromatic nitrogens is 2. The maximum absolute atomic E-state index is 12.3. The van der Waals surface area contributed by atoms with Crippen molar-refractivity contribution in [2.24, 2.45) is 13.0 Å². The largest absolute Gasteiger partial charge is 0.478 e. The van der Waals surface area contributed by atoms with E-state index in [1.165, 1.54) is 12.1 Å². The number of nitrogens with zero attached hydrogens (tertiary/aromatic N) is 2. The van der Waals surface area contributed by atoms with E-state index in [9.17, 15) is 9.59 Å². The van der Waals surface area contributed by atoms with E-state index in [2.05, 4.69) is 10.4 Å². The first-order valence-corrected chi connectivity index (χ1v) is 7.88. The van der Waals surface area contributed by atoms with Crippen LogP contribution in [0.4, 0.5) is 0 Å². The first-order chi connectivity index (χ1) is 11.3. The summed E-state index contributed by atoms with van der Waals surface area (Å²) in [5.74, 6) is -1.15. The fourth-order valence-electron chi connectivity index (χ4n) is 2.64. The third-order valence-electron chi connectivity index (χ3n) is 4.28. The summed E-state index contributed by atoms with van der Waals surface area (Å²) in [5.41, 5.74) is 4.26. The number of benzene rings is 1. The van der Waals surface area contributed by atoms with E-state index in [1.807, 2.05) is 32.5 Å². The Kier molecular flexibility index (Phi) is 5.39. The molecule has 24 heavy (non-hydrogen) atoms. The zero-order valence-electron chi connectivity index (χ0n) is 14.5. The third kappa shape index (κ3) is 4.01. The summed E-state index contributed by atoms with van der Waals surface area (Å²) in [4.78, 5) is 23.1. The Bertz CT molecular complexity index is 748. The molecule has 2 rings (SSSR count). The highest BCUT2D eigenvalue weighted by atomic mass is 16.4. The lowest BCUT2D eigenvalue weighted by Crippen LogP contribution is -2.30. The van der Waals surface area contributed by atoms with Gasteiger partial charge in [0, 0.05) is 25.2 Å². The molecule has 6 nitrogen and oxygen atoms in total. The van der Waals surface area contributed by atoms with Crippen molar-refractivity contribution in [3.8, 4) is 0 Å². The van der Waals surface area contributed by atoms with E-state index in [0.717, 1.165) is 22.5 Å². The van der Waals surface area contributed by atoms with Gasteiger partial charge in [-0.1, -0.05) is 19.1 Å². The van der Waals surface area contributed by atoms with E-state index in [0.29, 0.717) is 13.0 Å². The molecule has 6 heteroatoms. The van der Waals surface area contributed by atoms with Gasteiger partial charge in [-0.3, -0.25) is 9.48 Å². The van der Waals surface area contributed by atoms with E-state index in [1.54, 1.807) is 12.1 Å². The van der Waals surface area contributed by atoms with Crippen LogP contribution in [0.2, 0.25) is 0 Å². The van der Waals surface area contributed by atoms with Crippen molar-refractivity contribution in [2.45, 2.75) is 33.7 Å². The van der Waals surface area contributed by atoms with Crippen LogP contribution < -0.4 is 5.32 Å². The molecule has 1 amide bonds. The van der Waals surface area contributed by atoms with Gasteiger partial charge in [0.05, 0.1) is 11.3 Å². The maximum atomic E-state index is 12.3. The highest BCUT2D eigenvalue weighted by molar-refractivity contribution is 5.87. The standard InChI is InChI=1S/C18H23N3O3/c1-11(9-16-12(2)20-21(4)13(16)3)17(22)19-10-14-5-7-15(8-6-14)18(23)24/h5-8,11H,9-10H2,1-4H3,(H,19,22)(H,23,24). The van der Waals surface area contributed by atoms with Crippen LogP contribution in [0, 0.1) is 19.8 Å². The average Bonchev–Trinajstić information content (AvgIpc) is 2.79. The van der Waals surface area contributed by atoms with Gasteiger partial charge in [0.15, 0.2) is 0 Å². The van der Waals surface area contributed by atoms with Gasteiger partial charge in [0.25, 0.3) is 0 Å². The fraction of sp³-hybridized carbons (Fsp3) is 0.389. The number of nitrogens with one attached hydrogen (secondary N) is 1. The van der Waals surface area contributed by atoms with Crippen LogP contribution in [0.15, 0.2) is 24.3 Å². The number of aromatic carboxylic acids is 1. The van der Waals surface area contributed by atoms with Gasteiger partial charge in [-0.2, -0.15) is 5.10 Å². The molecule has 1 heterocycles. The Morgan fingerprint density at radius 3 is 2.38 bits per heavy atom. The van der Waals surface area contributed by atoms with Crippen molar-refractivity contribution in [1.29, 1.82) is 0 Å². The second kappa shape index (κ2) is 7.29. The fourth-order valence-corrected chi connectivity index (χ4v) is 2.64. The molecule has 0 saturated carbocycles. The van der Waals surface area contributed by atoms with Crippen LogP contribution in [0.5, 0.6) is 0 Å². The summed E-state index contributed by atoms with van der Waals surface area (Å²) < 4.78 is 1.83. The number of aryl methyl sites for hydroxylation is 2. The molecule has 0 bridgehead atoms. The number of rotatable bonds is 6. The predicted octanol–water partition coefficient (Wildman–Crippen LogP) is 2.23. The van der Waals surface area contributed by atoms with Crippen molar-refractivity contribution in [1.82, 2.24) is 15.1 Å². The molecule has 0 radical (unpaired) electrons. The number of carbonyl (C=O) groups is 2. The summed E-state index contributed by atoms with van der Waals surface area (Å²) in [6.45, 7) is 6.24. The first-order valence-electron chi connectivity index (χ1n) is 7.88. The Hall–Kier alpha value is -2.63. The number of amides is 1. The molecule has 0 aliphatic carbocycles. The molecule has 128 valence electrons. The zero-order chi connectivity index (χ0) is 17.9. The molecule has 1 unspecified atom stereocenters.